The Balaban J connectivity index is 1.39. The van der Waals surface area contributed by atoms with E-state index in [-0.39, 0.29) is 55.5 Å². The van der Waals surface area contributed by atoms with Gasteiger partial charge in [0.2, 0.25) is 17.6 Å². The first-order chi connectivity index (χ1) is 24.1. The molecule has 6 atom stereocenters. The van der Waals surface area contributed by atoms with Gasteiger partial charge in [-0.05, 0) is 61.7 Å². The fourth-order valence-corrected chi connectivity index (χ4v) is 8.67. The molecule has 0 radical (unpaired) electrons. The van der Waals surface area contributed by atoms with Gasteiger partial charge >= 0.3 is 0 Å². The second-order valence-electron chi connectivity index (χ2n) is 16.6. The van der Waals surface area contributed by atoms with Crippen LogP contribution in [0.25, 0.3) is 0 Å². The molecule has 12 heteroatoms. The maximum absolute atomic E-state index is 15.3. The van der Waals surface area contributed by atoms with Gasteiger partial charge in [0, 0.05) is 62.4 Å². The number of carbonyl (C=O) groups excluding carboxylic acids is 6. The standard InChI is InChI=1S/C39H54F2N4O6/c1-5-9-25(34(49)32(48)18-23-12-13-23)19-31(47)33-26-14-15-39(40,41)28(26)22-45(33)37(51)35(38(2,3)4)44-36(50)27(24-10-7-6-8-11-24)20-30(46)29-21-42-16-17-43-29/h16-17,21,23-28,33,35H,5-15,18-20,22H2,1-4H3,(H,44,50)/t25-,26+,27+,28?,33+,35-/m1/s1. The van der Waals surface area contributed by atoms with Gasteiger partial charge in [-0.25, -0.2) is 13.8 Å². The van der Waals surface area contributed by atoms with Crippen molar-refractivity contribution in [2.45, 2.75) is 136 Å². The zero-order valence-corrected chi connectivity index (χ0v) is 30.5. The van der Waals surface area contributed by atoms with Gasteiger partial charge in [0.05, 0.1) is 12.2 Å². The van der Waals surface area contributed by atoms with Crippen LogP contribution in [0.1, 0.15) is 128 Å². The second-order valence-corrected chi connectivity index (χ2v) is 16.6. The van der Waals surface area contributed by atoms with E-state index in [0.717, 1.165) is 44.9 Å². The lowest BCUT2D eigenvalue weighted by Gasteiger charge is -2.38. The van der Waals surface area contributed by atoms with Crippen LogP contribution in [-0.2, 0) is 24.0 Å². The number of nitrogens with one attached hydrogen (secondary N) is 1. The van der Waals surface area contributed by atoms with Crippen LogP contribution in [0, 0.1) is 40.9 Å². The molecule has 1 saturated heterocycles. The van der Waals surface area contributed by atoms with Crippen LogP contribution >= 0.6 is 0 Å². The van der Waals surface area contributed by atoms with E-state index in [4.69, 9.17) is 0 Å². The molecule has 2 amide bonds. The number of alkyl halides is 2. The summed E-state index contributed by atoms with van der Waals surface area (Å²) in [6.07, 6.45) is 10.7. The van der Waals surface area contributed by atoms with Crippen LogP contribution in [0.3, 0.4) is 0 Å². The summed E-state index contributed by atoms with van der Waals surface area (Å²) in [6.45, 7) is 6.80. The molecule has 2 heterocycles. The molecule has 1 aromatic rings. The third kappa shape index (κ3) is 9.14. The van der Waals surface area contributed by atoms with E-state index in [1.807, 2.05) is 6.92 Å². The Bertz CT molecular complexity index is 1470. The summed E-state index contributed by atoms with van der Waals surface area (Å²) < 4.78 is 30.6. The Morgan fingerprint density at radius 1 is 0.980 bits per heavy atom. The second kappa shape index (κ2) is 16.1. The minimum absolute atomic E-state index is 0.0473. The summed E-state index contributed by atoms with van der Waals surface area (Å²) in [4.78, 5) is 91.6. The number of Topliss-reactive ketones (excluding diaryl/α,β-unsaturated/α-hetero) is 4. The molecule has 4 fully saturated rings. The van der Waals surface area contributed by atoms with Gasteiger partial charge in [0.15, 0.2) is 17.3 Å². The van der Waals surface area contributed by atoms with Crippen molar-refractivity contribution in [3.63, 3.8) is 0 Å². The monoisotopic (exact) mass is 712 g/mol. The molecule has 1 N–H and O–H groups in total. The van der Waals surface area contributed by atoms with Gasteiger partial charge in [-0.1, -0.05) is 53.4 Å². The predicted molar refractivity (Wildman–Crippen MR) is 184 cm³/mol. The highest BCUT2D eigenvalue weighted by atomic mass is 19.3. The molecule has 0 spiro atoms. The molecule has 1 aliphatic heterocycles. The molecule has 280 valence electrons. The summed E-state index contributed by atoms with van der Waals surface area (Å²) in [5, 5.41) is 2.94. The minimum Gasteiger partial charge on any atom is -0.344 e. The van der Waals surface area contributed by atoms with Gasteiger partial charge < -0.3 is 10.2 Å². The number of halogens is 2. The van der Waals surface area contributed by atoms with Crippen molar-refractivity contribution in [3.05, 3.63) is 24.3 Å². The molecule has 10 nitrogen and oxygen atoms in total. The third-order valence-corrected chi connectivity index (χ3v) is 11.7. The zero-order valence-electron chi connectivity index (χ0n) is 30.5. The number of fused-ring (bicyclic) bond motifs is 1. The van der Waals surface area contributed by atoms with E-state index in [2.05, 4.69) is 15.3 Å². The maximum Gasteiger partial charge on any atom is 0.253 e. The Morgan fingerprint density at radius 3 is 2.29 bits per heavy atom. The largest absolute Gasteiger partial charge is 0.344 e. The first-order valence-corrected chi connectivity index (χ1v) is 19.0. The quantitative estimate of drug-likeness (QED) is 0.163. The van der Waals surface area contributed by atoms with E-state index >= 15 is 8.78 Å². The molecule has 3 aliphatic carbocycles. The van der Waals surface area contributed by atoms with E-state index in [0.29, 0.717) is 12.8 Å². The minimum atomic E-state index is -3.08. The Labute approximate surface area is 299 Å². The summed E-state index contributed by atoms with van der Waals surface area (Å²) in [7, 11) is 0. The van der Waals surface area contributed by atoms with E-state index in [1.165, 1.54) is 23.5 Å². The van der Waals surface area contributed by atoms with Crippen molar-refractivity contribution >= 4 is 34.9 Å². The SMILES string of the molecule is CCC[C@H](CC(=O)[C@@H]1[C@H]2CCC(F)(F)C2CN1C(=O)[C@@H](NC(=O)[C@@H](CC(=O)c1cnccn1)C1CCCCC1)C(C)(C)C)C(=O)C(=O)CC1CC1. The zero-order chi connectivity index (χ0) is 37.1. The van der Waals surface area contributed by atoms with Crippen LogP contribution in [-0.4, -0.2) is 74.4 Å². The highest BCUT2D eigenvalue weighted by molar-refractivity contribution is 6.38. The number of likely N-dealkylation sites (tertiary alicyclic amines) is 1. The van der Waals surface area contributed by atoms with Gasteiger partial charge in [-0.2, -0.15) is 0 Å². The molecule has 5 rings (SSSR count). The summed E-state index contributed by atoms with van der Waals surface area (Å²) in [5.41, 5.74) is -0.739. The Kier molecular flexibility index (Phi) is 12.2. The number of amides is 2. The van der Waals surface area contributed by atoms with E-state index < -0.39 is 82.7 Å². The summed E-state index contributed by atoms with van der Waals surface area (Å²) >= 11 is 0. The number of rotatable bonds is 16. The molecule has 3 saturated carbocycles. The van der Waals surface area contributed by atoms with Crippen LogP contribution in [0.4, 0.5) is 8.78 Å². The summed E-state index contributed by atoms with van der Waals surface area (Å²) in [6, 6.07) is -2.38. The van der Waals surface area contributed by atoms with Crippen molar-refractivity contribution < 1.29 is 37.5 Å². The maximum atomic E-state index is 15.3. The van der Waals surface area contributed by atoms with E-state index in [9.17, 15) is 28.8 Å². The van der Waals surface area contributed by atoms with Crippen molar-refractivity contribution in [1.29, 1.82) is 0 Å². The normalized spacial score (nSPS) is 25.1. The van der Waals surface area contributed by atoms with Crippen LogP contribution in [0.15, 0.2) is 18.6 Å². The molecule has 1 aromatic heterocycles. The molecular formula is C39H54F2N4O6. The molecule has 4 aliphatic rings. The molecule has 0 aromatic carbocycles. The average Bonchev–Trinajstić information content (AvgIpc) is 3.74. The molecular weight excluding hydrogens is 658 g/mol. The first-order valence-electron chi connectivity index (χ1n) is 19.0. The molecule has 51 heavy (non-hydrogen) atoms. The van der Waals surface area contributed by atoms with Gasteiger partial charge in [0.1, 0.15) is 11.7 Å². The topological polar surface area (TPSA) is 143 Å². The predicted octanol–water partition coefficient (Wildman–Crippen LogP) is 5.96. The fourth-order valence-electron chi connectivity index (χ4n) is 8.67. The Morgan fingerprint density at radius 2 is 1.69 bits per heavy atom. The smallest absolute Gasteiger partial charge is 0.253 e. The number of ketones is 4. The van der Waals surface area contributed by atoms with Gasteiger partial charge in [-0.3, -0.25) is 33.8 Å². The lowest BCUT2D eigenvalue weighted by molar-refractivity contribution is -0.146. The molecule has 1 unspecified atom stereocenters. The van der Waals surface area contributed by atoms with Crippen molar-refractivity contribution in [2.24, 2.45) is 40.9 Å². The van der Waals surface area contributed by atoms with Crippen LogP contribution in [0.2, 0.25) is 0 Å². The van der Waals surface area contributed by atoms with Gasteiger partial charge in [-0.15, -0.1) is 0 Å². The number of nitrogens with zero attached hydrogens (tertiary/aromatic N) is 3. The van der Waals surface area contributed by atoms with Crippen LogP contribution < -0.4 is 5.32 Å². The van der Waals surface area contributed by atoms with Crippen LogP contribution in [0.5, 0.6) is 0 Å². The number of carbonyl (C=O) groups is 6. The first kappa shape index (κ1) is 38.8. The number of hydrogen-bond donors (Lipinski definition) is 1. The molecule has 0 bridgehead atoms. The number of aromatic nitrogens is 2. The average molecular weight is 713 g/mol. The lowest BCUT2D eigenvalue weighted by atomic mass is 9.76. The van der Waals surface area contributed by atoms with Crippen molar-refractivity contribution in [3.8, 4) is 0 Å². The van der Waals surface area contributed by atoms with Crippen molar-refractivity contribution in [1.82, 2.24) is 20.2 Å². The van der Waals surface area contributed by atoms with Gasteiger partial charge in [0.25, 0.3) is 5.92 Å². The third-order valence-electron chi connectivity index (χ3n) is 11.7. The summed E-state index contributed by atoms with van der Waals surface area (Å²) in [5.74, 6) is -9.62. The highest BCUT2D eigenvalue weighted by Crippen LogP contribution is 2.52. The Hall–Kier alpha value is -3.44. The fraction of sp³-hybridized carbons (Fsp3) is 0.744. The van der Waals surface area contributed by atoms with E-state index in [1.54, 1.807) is 20.8 Å². The highest BCUT2D eigenvalue weighted by Gasteiger charge is 2.61. The lowest BCUT2D eigenvalue weighted by Crippen LogP contribution is -2.58. The number of hydrogen-bond acceptors (Lipinski definition) is 8. The van der Waals surface area contributed by atoms with Crippen molar-refractivity contribution in [2.75, 3.05) is 6.54 Å².